The standard InChI is InChI=1S/C22H27NO2/c1-2-15-23(16-18-13-14-18)21(24)17-25-22(19-9-5-3-6-10-19)20-11-7-4-8-12-20/h3-12,18,22H,2,13-17H2,1H3. The lowest BCUT2D eigenvalue weighted by Gasteiger charge is -2.24. The van der Waals surface area contributed by atoms with Crippen molar-refractivity contribution in [3.05, 3.63) is 71.8 Å². The smallest absolute Gasteiger partial charge is 0.248 e. The van der Waals surface area contributed by atoms with Crippen LogP contribution in [0.1, 0.15) is 43.4 Å². The molecule has 2 aromatic carbocycles. The molecule has 0 atom stereocenters. The fraction of sp³-hybridized carbons (Fsp3) is 0.409. The number of carbonyl (C=O) groups excluding carboxylic acids is 1. The average molecular weight is 337 g/mol. The molecule has 2 aromatic rings. The molecule has 0 spiro atoms. The normalized spacial score (nSPS) is 13.8. The van der Waals surface area contributed by atoms with E-state index in [9.17, 15) is 4.79 Å². The van der Waals surface area contributed by atoms with E-state index in [0.717, 1.165) is 30.6 Å². The van der Waals surface area contributed by atoms with E-state index >= 15 is 0 Å². The highest BCUT2D eigenvalue weighted by Gasteiger charge is 2.27. The zero-order chi connectivity index (χ0) is 17.5. The van der Waals surface area contributed by atoms with Crippen molar-refractivity contribution in [2.45, 2.75) is 32.3 Å². The zero-order valence-corrected chi connectivity index (χ0v) is 14.9. The lowest BCUT2D eigenvalue weighted by atomic mass is 10.0. The Balaban J connectivity index is 1.68. The van der Waals surface area contributed by atoms with Crippen molar-refractivity contribution in [2.24, 2.45) is 5.92 Å². The highest BCUT2D eigenvalue weighted by Crippen LogP contribution is 2.30. The number of hydrogen-bond donors (Lipinski definition) is 0. The summed E-state index contributed by atoms with van der Waals surface area (Å²) in [7, 11) is 0. The summed E-state index contributed by atoms with van der Waals surface area (Å²) in [6, 6.07) is 20.2. The van der Waals surface area contributed by atoms with Gasteiger partial charge in [0.1, 0.15) is 12.7 Å². The van der Waals surface area contributed by atoms with Gasteiger partial charge in [-0.05, 0) is 36.3 Å². The molecule has 1 aliphatic carbocycles. The maximum atomic E-state index is 12.7. The van der Waals surface area contributed by atoms with Crippen LogP contribution in [0.15, 0.2) is 60.7 Å². The number of carbonyl (C=O) groups is 1. The van der Waals surface area contributed by atoms with E-state index < -0.39 is 0 Å². The van der Waals surface area contributed by atoms with Gasteiger partial charge in [-0.3, -0.25) is 4.79 Å². The van der Waals surface area contributed by atoms with Crippen LogP contribution in [-0.4, -0.2) is 30.5 Å². The number of hydrogen-bond acceptors (Lipinski definition) is 2. The molecule has 1 fully saturated rings. The van der Waals surface area contributed by atoms with Gasteiger partial charge in [-0.25, -0.2) is 0 Å². The SMILES string of the molecule is CCCN(CC1CC1)C(=O)COC(c1ccccc1)c1ccccc1. The van der Waals surface area contributed by atoms with Crippen molar-refractivity contribution < 1.29 is 9.53 Å². The van der Waals surface area contributed by atoms with Gasteiger partial charge in [0, 0.05) is 13.1 Å². The van der Waals surface area contributed by atoms with E-state index in [1.165, 1.54) is 12.8 Å². The molecular formula is C22H27NO2. The second-order valence-corrected chi connectivity index (χ2v) is 6.80. The lowest BCUT2D eigenvalue weighted by Crippen LogP contribution is -2.36. The summed E-state index contributed by atoms with van der Waals surface area (Å²) < 4.78 is 6.11. The highest BCUT2D eigenvalue weighted by atomic mass is 16.5. The molecule has 0 saturated heterocycles. The van der Waals surface area contributed by atoms with Crippen molar-refractivity contribution in [3.63, 3.8) is 0 Å². The van der Waals surface area contributed by atoms with Crippen LogP contribution in [-0.2, 0) is 9.53 Å². The Morgan fingerprint density at radius 1 is 1.04 bits per heavy atom. The molecule has 3 nitrogen and oxygen atoms in total. The topological polar surface area (TPSA) is 29.5 Å². The van der Waals surface area contributed by atoms with E-state index in [1.54, 1.807) is 0 Å². The minimum atomic E-state index is -0.212. The van der Waals surface area contributed by atoms with Gasteiger partial charge in [0.15, 0.2) is 0 Å². The molecule has 0 N–H and O–H groups in total. The summed E-state index contributed by atoms with van der Waals surface area (Å²) in [5.41, 5.74) is 2.15. The molecule has 0 heterocycles. The van der Waals surface area contributed by atoms with E-state index in [1.807, 2.05) is 41.3 Å². The van der Waals surface area contributed by atoms with Gasteiger partial charge in [0.2, 0.25) is 5.91 Å². The maximum absolute atomic E-state index is 12.7. The zero-order valence-electron chi connectivity index (χ0n) is 14.9. The second kappa shape index (κ2) is 8.82. The Hall–Kier alpha value is -2.13. The predicted octanol–water partition coefficient (Wildman–Crippen LogP) is 4.44. The molecule has 0 radical (unpaired) electrons. The van der Waals surface area contributed by atoms with E-state index in [4.69, 9.17) is 4.74 Å². The highest BCUT2D eigenvalue weighted by molar-refractivity contribution is 5.77. The van der Waals surface area contributed by atoms with Crippen molar-refractivity contribution in [3.8, 4) is 0 Å². The van der Waals surface area contributed by atoms with Crippen LogP contribution in [0.25, 0.3) is 0 Å². The van der Waals surface area contributed by atoms with Crippen molar-refractivity contribution in [1.29, 1.82) is 0 Å². The van der Waals surface area contributed by atoms with Gasteiger partial charge >= 0.3 is 0 Å². The van der Waals surface area contributed by atoms with Crippen LogP contribution < -0.4 is 0 Å². The van der Waals surface area contributed by atoms with Gasteiger partial charge in [0.05, 0.1) is 0 Å². The van der Waals surface area contributed by atoms with Gasteiger partial charge in [0.25, 0.3) is 0 Å². The molecule has 0 aliphatic heterocycles. The largest absolute Gasteiger partial charge is 0.359 e. The van der Waals surface area contributed by atoms with Crippen LogP contribution in [0.2, 0.25) is 0 Å². The monoisotopic (exact) mass is 337 g/mol. The molecule has 1 saturated carbocycles. The van der Waals surface area contributed by atoms with E-state index in [-0.39, 0.29) is 18.6 Å². The van der Waals surface area contributed by atoms with Crippen molar-refractivity contribution in [1.82, 2.24) is 4.90 Å². The Bertz CT molecular complexity index is 613. The molecule has 1 aliphatic rings. The Kier molecular flexibility index (Phi) is 6.24. The van der Waals surface area contributed by atoms with Crippen molar-refractivity contribution in [2.75, 3.05) is 19.7 Å². The fourth-order valence-electron chi connectivity index (χ4n) is 3.09. The molecular weight excluding hydrogens is 310 g/mol. The molecule has 25 heavy (non-hydrogen) atoms. The third-order valence-corrected chi connectivity index (χ3v) is 4.60. The third-order valence-electron chi connectivity index (χ3n) is 4.60. The first kappa shape index (κ1) is 17.7. The molecule has 0 unspecified atom stereocenters. The lowest BCUT2D eigenvalue weighted by molar-refractivity contribution is -0.137. The van der Waals surface area contributed by atoms with Gasteiger partial charge in [-0.2, -0.15) is 0 Å². The number of rotatable bonds is 9. The van der Waals surface area contributed by atoms with Crippen LogP contribution in [0, 0.1) is 5.92 Å². The summed E-state index contributed by atoms with van der Waals surface area (Å²) in [5, 5.41) is 0. The van der Waals surface area contributed by atoms with Gasteiger partial charge in [-0.15, -0.1) is 0 Å². The number of ether oxygens (including phenoxy) is 1. The first-order valence-electron chi connectivity index (χ1n) is 9.27. The maximum Gasteiger partial charge on any atom is 0.248 e. The summed E-state index contributed by atoms with van der Waals surface area (Å²) in [4.78, 5) is 14.6. The molecule has 0 aromatic heterocycles. The minimum Gasteiger partial charge on any atom is -0.359 e. The molecule has 3 heteroatoms. The van der Waals surface area contributed by atoms with E-state index in [2.05, 4.69) is 31.2 Å². The third kappa shape index (κ3) is 5.17. The minimum absolute atomic E-state index is 0.102. The molecule has 132 valence electrons. The summed E-state index contributed by atoms with van der Waals surface area (Å²) >= 11 is 0. The summed E-state index contributed by atoms with van der Waals surface area (Å²) in [6.07, 6.45) is 3.28. The first-order valence-corrected chi connectivity index (χ1v) is 9.27. The van der Waals surface area contributed by atoms with Gasteiger partial charge < -0.3 is 9.64 Å². The number of amides is 1. The quantitative estimate of drug-likeness (QED) is 0.677. The average Bonchev–Trinajstić information content (AvgIpc) is 3.47. The number of benzene rings is 2. The number of nitrogens with zero attached hydrogens (tertiary/aromatic N) is 1. The molecule has 0 bridgehead atoms. The Morgan fingerprint density at radius 2 is 1.60 bits per heavy atom. The second-order valence-electron chi connectivity index (χ2n) is 6.80. The fourth-order valence-corrected chi connectivity index (χ4v) is 3.09. The Morgan fingerprint density at radius 3 is 2.08 bits per heavy atom. The Labute approximate surface area is 150 Å². The van der Waals surface area contributed by atoms with Crippen LogP contribution >= 0.6 is 0 Å². The van der Waals surface area contributed by atoms with Gasteiger partial charge in [-0.1, -0.05) is 67.6 Å². The van der Waals surface area contributed by atoms with Crippen LogP contribution in [0.4, 0.5) is 0 Å². The summed E-state index contributed by atoms with van der Waals surface area (Å²) in [6.45, 7) is 3.95. The van der Waals surface area contributed by atoms with Crippen LogP contribution in [0.3, 0.4) is 0 Å². The van der Waals surface area contributed by atoms with Crippen LogP contribution in [0.5, 0.6) is 0 Å². The van der Waals surface area contributed by atoms with Crippen molar-refractivity contribution >= 4 is 5.91 Å². The first-order chi connectivity index (χ1) is 12.3. The van der Waals surface area contributed by atoms with E-state index in [0.29, 0.717) is 5.92 Å². The predicted molar refractivity (Wildman–Crippen MR) is 100 cm³/mol. The molecule has 1 amide bonds. The summed E-state index contributed by atoms with van der Waals surface area (Å²) in [5.74, 6) is 0.806. The molecule has 3 rings (SSSR count).